The molecule has 2 heterocycles. The number of methoxy groups -OCH3 is 1. The highest BCUT2D eigenvalue weighted by molar-refractivity contribution is 5.22. The van der Waals surface area contributed by atoms with Crippen molar-refractivity contribution in [3.05, 3.63) is 18.3 Å². The quantitative estimate of drug-likeness (QED) is 0.792. The molecule has 2 aliphatic rings. The number of hydrogen-bond donors (Lipinski definition) is 0. The number of pyridine rings is 1. The van der Waals surface area contributed by atoms with Gasteiger partial charge in [0.25, 0.3) is 0 Å². The van der Waals surface area contributed by atoms with Gasteiger partial charge in [-0.05, 0) is 31.9 Å². The number of aromatic nitrogens is 1. The van der Waals surface area contributed by atoms with E-state index < -0.39 is 0 Å². The highest BCUT2D eigenvalue weighted by Gasteiger charge is 2.50. The molecule has 1 saturated carbocycles. The second-order valence-corrected chi connectivity index (χ2v) is 4.97. The Bertz CT molecular complexity index is 393. The monoisotopic (exact) mass is 234 g/mol. The second kappa shape index (κ2) is 4.18. The normalized spacial score (nSPS) is 31.1. The van der Waals surface area contributed by atoms with Crippen molar-refractivity contribution < 1.29 is 9.47 Å². The van der Waals surface area contributed by atoms with E-state index in [2.05, 4.69) is 16.9 Å². The lowest BCUT2D eigenvalue weighted by atomic mass is 10.2. The molecule has 0 radical (unpaired) electrons. The van der Waals surface area contributed by atoms with Gasteiger partial charge in [-0.15, -0.1) is 0 Å². The first-order chi connectivity index (χ1) is 8.28. The van der Waals surface area contributed by atoms with Crippen molar-refractivity contribution in [3.63, 3.8) is 0 Å². The minimum Gasteiger partial charge on any atom is -0.490 e. The fourth-order valence-corrected chi connectivity index (χ4v) is 2.72. The molecular formula is C13H18N2O2. The molecule has 17 heavy (non-hydrogen) atoms. The van der Waals surface area contributed by atoms with Gasteiger partial charge in [0, 0.05) is 18.2 Å². The highest BCUT2D eigenvalue weighted by atomic mass is 16.5. The Labute approximate surface area is 102 Å². The molecular weight excluding hydrogens is 216 g/mol. The zero-order valence-corrected chi connectivity index (χ0v) is 10.3. The van der Waals surface area contributed by atoms with E-state index in [0.29, 0.717) is 11.9 Å². The lowest BCUT2D eigenvalue weighted by Crippen LogP contribution is -2.33. The predicted molar refractivity (Wildman–Crippen MR) is 64.3 cm³/mol. The molecule has 1 saturated heterocycles. The molecule has 0 spiro atoms. The fraction of sp³-hybridized carbons (Fsp3) is 0.615. The Morgan fingerprint density at radius 3 is 2.88 bits per heavy atom. The Morgan fingerprint density at radius 1 is 1.41 bits per heavy atom. The Morgan fingerprint density at radius 2 is 2.29 bits per heavy atom. The van der Waals surface area contributed by atoms with Crippen molar-refractivity contribution in [2.24, 2.45) is 5.92 Å². The van der Waals surface area contributed by atoms with Gasteiger partial charge < -0.3 is 9.47 Å². The van der Waals surface area contributed by atoms with E-state index in [-0.39, 0.29) is 0 Å². The molecule has 3 unspecified atom stereocenters. The number of ether oxygens (including phenoxy) is 2. The van der Waals surface area contributed by atoms with Crippen molar-refractivity contribution >= 4 is 0 Å². The minimum absolute atomic E-state index is 0.570. The van der Waals surface area contributed by atoms with E-state index in [0.717, 1.165) is 24.3 Å². The van der Waals surface area contributed by atoms with Crippen LogP contribution in [-0.4, -0.2) is 42.7 Å². The first-order valence-corrected chi connectivity index (χ1v) is 6.12. The number of fused-ring (bicyclic) bond motifs is 1. The van der Waals surface area contributed by atoms with Gasteiger partial charge in [0.2, 0.25) is 5.88 Å². The summed E-state index contributed by atoms with van der Waals surface area (Å²) in [6.07, 6.45) is 4.39. The van der Waals surface area contributed by atoms with Gasteiger partial charge in [0.05, 0.1) is 13.3 Å². The van der Waals surface area contributed by atoms with Crippen molar-refractivity contribution in [2.45, 2.75) is 24.9 Å². The summed E-state index contributed by atoms with van der Waals surface area (Å²) in [4.78, 5) is 6.58. The third-order valence-corrected chi connectivity index (χ3v) is 3.92. The second-order valence-electron chi connectivity index (χ2n) is 4.97. The molecule has 1 aromatic heterocycles. The van der Waals surface area contributed by atoms with Gasteiger partial charge in [-0.3, -0.25) is 4.90 Å². The molecule has 3 rings (SSSR count). The number of likely N-dealkylation sites (tertiary alicyclic amines) is 1. The summed E-state index contributed by atoms with van der Waals surface area (Å²) in [5, 5.41) is 0. The highest BCUT2D eigenvalue weighted by Crippen LogP contribution is 2.46. The Balaban J connectivity index is 1.53. The topological polar surface area (TPSA) is 34.6 Å². The van der Waals surface area contributed by atoms with Crippen LogP contribution in [0.4, 0.5) is 0 Å². The summed E-state index contributed by atoms with van der Waals surface area (Å²) in [5.41, 5.74) is 0. The number of rotatable bonds is 4. The number of nitrogens with zero attached hydrogens (tertiary/aromatic N) is 2. The summed E-state index contributed by atoms with van der Waals surface area (Å²) < 4.78 is 10.8. The van der Waals surface area contributed by atoms with Crippen molar-refractivity contribution in [1.82, 2.24) is 9.88 Å². The van der Waals surface area contributed by atoms with Crippen LogP contribution in [0, 0.1) is 5.92 Å². The summed E-state index contributed by atoms with van der Waals surface area (Å²) in [5.74, 6) is 2.37. The molecule has 2 fully saturated rings. The van der Waals surface area contributed by atoms with Crippen LogP contribution in [0.5, 0.6) is 11.6 Å². The van der Waals surface area contributed by atoms with Gasteiger partial charge in [-0.1, -0.05) is 0 Å². The molecule has 92 valence electrons. The minimum atomic E-state index is 0.570. The molecule has 0 aromatic carbocycles. The predicted octanol–water partition coefficient (Wildman–Crippen LogP) is 1.56. The lowest BCUT2D eigenvalue weighted by molar-refractivity contribution is 0.176. The average Bonchev–Trinajstić information content (AvgIpc) is 3.07. The van der Waals surface area contributed by atoms with E-state index in [4.69, 9.17) is 9.47 Å². The number of hydrogen-bond acceptors (Lipinski definition) is 4. The zero-order valence-electron chi connectivity index (χ0n) is 10.3. The fourth-order valence-electron chi connectivity index (χ4n) is 2.72. The van der Waals surface area contributed by atoms with Gasteiger partial charge >= 0.3 is 0 Å². The largest absolute Gasteiger partial charge is 0.490 e. The first kappa shape index (κ1) is 10.8. The molecule has 1 aliphatic carbocycles. The van der Waals surface area contributed by atoms with E-state index in [1.54, 1.807) is 13.3 Å². The van der Waals surface area contributed by atoms with Crippen LogP contribution >= 0.6 is 0 Å². The summed E-state index contributed by atoms with van der Waals surface area (Å²) in [7, 11) is 3.82. The molecule has 0 N–H and O–H groups in total. The molecule has 1 aliphatic heterocycles. The standard InChI is InChI=1S/C13H18N2O2/c1-15-10(5-9-6-12(9)15)8-17-11-3-4-13(16-2)14-7-11/h3-4,7,9-10,12H,5-6,8H2,1-2H3. The number of likely N-dealkylation sites (N-methyl/N-ethyl adjacent to an activating group) is 1. The van der Waals surface area contributed by atoms with Crippen LogP contribution in [0.3, 0.4) is 0 Å². The summed E-state index contributed by atoms with van der Waals surface area (Å²) in [6.45, 7) is 0.761. The van der Waals surface area contributed by atoms with E-state index >= 15 is 0 Å². The molecule has 1 aromatic rings. The lowest BCUT2D eigenvalue weighted by Gasteiger charge is -2.22. The van der Waals surface area contributed by atoms with E-state index in [9.17, 15) is 0 Å². The van der Waals surface area contributed by atoms with Crippen LogP contribution in [-0.2, 0) is 0 Å². The average molecular weight is 234 g/mol. The summed E-state index contributed by atoms with van der Waals surface area (Å²) in [6, 6.07) is 5.13. The van der Waals surface area contributed by atoms with Gasteiger partial charge in [0.1, 0.15) is 12.4 Å². The summed E-state index contributed by atoms with van der Waals surface area (Å²) >= 11 is 0. The molecule has 0 amide bonds. The Kier molecular flexibility index (Phi) is 2.67. The first-order valence-electron chi connectivity index (χ1n) is 6.12. The van der Waals surface area contributed by atoms with Crippen molar-refractivity contribution in [1.29, 1.82) is 0 Å². The van der Waals surface area contributed by atoms with Crippen LogP contribution in [0.1, 0.15) is 12.8 Å². The molecule has 4 nitrogen and oxygen atoms in total. The van der Waals surface area contributed by atoms with Crippen LogP contribution in [0.2, 0.25) is 0 Å². The maximum absolute atomic E-state index is 5.77. The Hall–Kier alpha value is -1.29. The SMILES string of the molecule is COc1ccc(OCC2CC3CC3N2C)cn1. The van der Waals surface area contributed by atoms with Crippen molar-refractivity contribution in [3.8, 4) is 11.6 Å². The smallest absolute Gasteiger partial charge is 0.213 e. The molecule has 4 heteroatoms. The number of piperidine rings is 1. The van der Waals surface area contributed by atoms with Gasteiger partial charge in [-0.2, -0.15) is 0 Å². The van der Waals surface area contributed by atoms with Gasteiger partial charge in [-0.25, -0.2) is 4.98 Å². The van der Waals surface area contributed by atoms with E-state index in [1.807, 2.05) is 12.1 Å². The maximum atomic E-state index is 5.77. The van der Waals surface area contributed by atoms with Crippen LogP contribution in [0.25, 0.3) is 0 Å². The maximum Gasteiger partial charge on any atom is 0.213 e. The third-order valence-electron chi connectivity index (χ3n) is 3.92. The van der Waals surface area contributed by atoms with Crippen molar-refractivity contribution in [2.75, 3.05) is 20.8 Å². The zero-order chi connectivity index (χ0) is 11.8. The molecule has 0 bridgehead atoms. The van der Waals surface area contributed by atoms with Crippen LogP contribution < -0.4 is 9.47 Å². The molecule has 3 atom stereocenters. The van der Waals surface area contributed by atoms with Gasteiger partial charge in [0.15, 0.2) is 0 Å². The third kappa shape index (κ3) is 2.09. The van der Waals surface area contributed by atoms with Crippen LogP contribution in [0.15, 0.2) is 18.3 Å². The van der Waals surface area contributed by atoms with E-state index in [1.165, 1.54) is 12.8 Å².